The van der Waals surface area contributed by atoms with E-state index in [1.165, 1.54) is 10.6 Å². The predicted octanol–water partition coefficient (Wildman–Crippen LogP) is 4.15. The van der Waals surface area contributed by atoms with Crippen molar-refractivity contribution in [2.75, 3.05) is 0 Å². The van der Waals surface area contributed by atoms with E-state index in [1.54, 1.807) is 6.07 Å². The minimum atomic E-state index is -0.273. The van der Waals surface area contributed by atoms with Crippen molar-refractivity contribution < 1.29 is 15.3 Å². The van der Waals surface area contributed by atoms with Gasteiger partial charge in [0, 0.05) is 23.7 Å². The lowest BCUT2D eigenvalue weighted by atomic mass is 10.1. The molecular weight excluding hydrogens is 356 g/mol. The van der Waals surface area contributed by atoms with E-state index < -0.39 is 0 Å². The van der Waals surface area contributed by atoms with E-state index in [9.17, 15) is 15.3 Å². The van der Waals surface area contributed by atoms with Gasteiger partial charge in [0.2, 0.25) is 0 Å². The molecule has 0 aliphatic carbocycles. The summed E-state index contributed by atoms with van der Waals surface area (Å²) in [6, 6.07) is 10.8. The second-order valence-electron chi connectivity index (χ2n) is 7.04. The summed E-state index contributed by atoms with van der Waals surface area (Å²) in [6.45, 7) is 6.12. The number of aromatic nitrogens is 4. The highest BCUT2D eigenvalue weighted by molar-refractivity contribution is 5.90. The zero-order valence-electron chi connectivity index (χ0n) is 16.0. The highest BCUT2D eigenvalue weighted by Crippen LogP contribution is 2.38. The summed E-state index contributed by atoms with van der Waals surface area (Å²) in [4.78, 5) is 0. The Morgan fingerprint density at radius 3 is 2.50 bits per heavy atom. The number of nitrogens with zero attached hydrogens (tertiary/aromatic N) is 4. The Hall–Kier alpha value is -3.48. The molecule has 4 rings (SSSR count). The monoisotopic (exact) mass is 378 g/mol. The second-order valence-corrected chi connectivity index (χ2v) is 7.04. The van der Waals surface area contributed by atoms with E-state index in [2.05, 4.69) is 28.6 Å². The van der Waals surface area contributed by atoms with Crippen molar-refractivity contribution in [2.45, 2.75) is 33.2 Å². The summed E-state index contributed by atoms with van der Waals surface area (Å²) >= 11 is 0. The molecule has 2 aromatic heterocycles. The van der Waals surface area contributed by atoms with Crippen LogP contribution in [0.15, 0.2) is 42.6 Å². The Balaban J connectivity index is 1.98. The summed E-state index contributed by atoms with van der Waals surface area (Å²) in [6.07, 6.45) is 2.60. The van der Waals surface area contributed by atoms with Crippen molar-refractivity contribution in [3.05, 3.63) is 48.2 Å². The number of aromatic hydroxyl groups is 3. The largest absolute Gasteiger partial charge is 0.508 e. The fourth-order valence-corrected chi connectivity index (χ4v) is 3.57. The molecule has 0 spiro atoms. The molecule has 0 saturated carbocycles. The third-order valence-corrected chi connectivity index (χ3v) is 5.00. The topological polar surface area (TPSA) is 96.3 Å². The molecule has 0 unspecified atom stereocenters. The van der Waals surface area contributed by atoms with Crippen molar-refractivity contribution in [1.82, 2.24) is 19.3 Å². The van der Waals surface area contributed by atoms with Gasteiger partial charge >= 0.3 is 6.01 Å². The van der Waals surface area contributed by atoms with E-state index in [0.29, 0.717) is 29.1 Å². The van der Waals surface area contributed by atoms with Gasteiger partial charge in [0.05, 0.1) is 16.8 Å². The summed E-state index contributed by atoms with van der Waals surface area (Å²) in [7, 11) is 0. The number of fused-ring (bicyclic) bond motifs is 1. The van der Waals surface area contributed by atoms with Gasteiger partial charge < -0.3 is 19.9 Å². The molecule has 7 heteroatoms. The van der Waals surface area contributed by atoms with Gasteiger partial charge in [-0.25, -0.2) is 4.57 Å². The van der Waals surface area contributed by atoms with Crippen LogP contribution < -0.4 is 0 Å². The maximum absolute atomic E-state index is 10.4. The molecule has 0 atom stereocenters. The molecule has 7 nitrogen and oxygen atoms in total. The summed E-state index contributed by atoms with van der Waals surface area (Å²) in [5.74, 6) is 0.194. The van der Waals surface area contributed by atoms with Gasteiger partial charge in [-0.15, -0.1) is 5.10 Å². The Bertz CT molecular complexity index is 1170. The van der Waals surface area contributed by atoms with Crippen molar-refractivity contribution in [3.8, 4) is 34.6 Å². The van der Waals surface area contributed by atoms with E-state index in [1.807, 2.05) is 37.4 Å². The van der Waals surface area contributed by atoms with Gasteiger partial charge in [-0.2, -0.15) is 0 Å². The molecule has 3 N–H and O–H groups in total. The lowest BCUT2D eigenvalue weighted by Crippen LogP contribution is -2.01. The van der Waals surface area contributed by atoms with Crippen molar-refractivity contribution in [1.29, 1.82) is 0 Å². The number of aryl methyl sites for hydroxylation is 1. The third kappa shape index (κ3) is 2.67. The molecule has 0 amide bonds. The van der Waals surface area contributed by atoms with Crippen LogP contribution in [0.1, 0.15) is 32.4 Å². The first kappa shape index (κ1) is 17.9. The lowest BCUT2D eigenvalue weighted by Gasteiger charge is -2.13. The van der Waals surface area contributed by atoms with Crippen LogP contribution >= 0.6 is 0 Å². The molecular formula is C21H22N4O3. The van der Waals surface area contributed by atoms with Gasteiger partial charge in [0.1, 0.15) is 11.5 Å². The van der Waals surface area contributed by atoms with Gasteiger partial charge in [-0.3, -0.25) is 0 Å². The number of rotatable bonds is 4. The Morgan fingerprint density at radius 1 is 1.00 bits per heavy atom. The number of hydrogen-bond donors (Lipinski definition) is 3. The van der Waals surface area contributed by atoms with E-state index in [0.717, 1.165) is 10.9 Å². The van der Waals surface area contributed by atoms with Crippen LogP contribution in [0.5, 0.6) is 17.5 Å². The fraction of sp³-hybridized carbons (Fsp3) is 0.238. The zero-order valence-corrected chi connectivity index (χ0v) is 16.0. The van der Waals surface area contributed by atoms with Crippen LogP contribution in [-0.4, -0.2) is 34.7 Å². The summed E-state index contributed by atoms with van der Waals surface area (Å²) in [5, 5.41) is 39.7. The van der Waals surface area contributed by atoms with Crippen molar-refractivity contribution in [3.63, 3.8) is 0 Å². The minimum absolute atomic E-state index is 0.0233. The molecule has 0 bridgehead atoms. The highest BCUT2D eigenvalue weighted by atomic mass is 16.3. The standard InChI is InChI=1S/C21H22N4O3/c1-4-13-10-15(19(27)11-18(13)26)20-22-23-21(28)25(20)17-7-5-6-16-14(17)8-9-24(16)12(2)3/h5-12,26-27H,4H2,1-3H3,(H,23,28). The van der Waals surface area contributed by atoms with Gasteiger partial charge in [0.15, 0.2) is 5.82 Å². The summed E-state index contributed by atoms with van der Waals surface area (Å²) in [5.41, 5.74) is 2.80. The highest BCUT2D eigenvalue weighted by Gasteiger charge is 2.21. The van der Waals surface area contributed by atoms with Crippen LogP contribution in [0.2, 0.25) is 0 Å². The first-order chi connectivity index (χ1) is 13.4. The predicted molar refractivity (Wildman–Crippen MR) is 107 cm³/mol. The smallest absolute Gasteiger partial charge is 0.319 e. The average Bonchev–Trinajstić information content (AvgIpc) is 3.25. The lowest BCUT2D eigenvalue weighted by molar-refractivity contribution is 0.420. The second kappa shape index (κ2) is 6.60. The minimum Gasteiger partial charge on any atom is -0.508 e. The third-order valence-electron chi connectivity index (χ3n) is 5.00. The van der Waals surface area contributed by atoms with Gasteiger partial charge in [0.25, 0.3) is 0 Å². The quantitative estimate of drug-likeness (QED) is 0.496. The molecule has 144 valence electrons. The Kier molecular flexibility index (Phi) is 4.22. The number of benzene rings is 2. The molecule has 0 aliphatic heterocycles. The SMILES string of the molecule is CCc1cc(-c2nnc(O)n2-c2cccc3c2ccn3C(C)C)c(O)cc1O. The summed E-state index contributed by atoms with van der Waals surface area (Å²) < 4.78 is 3.66. The van der Waals surface area contributed by atoms with E-state index >= 15 is 0 Å². The van der Waals surface area contributed by atoms with Gasteiger partial charge in [-0.1, -0.05) is 18.1 Å². The van der Waals surface area contributed by atoms with Crippen LogP contribution in [0, 0.1) is 0 Å². The molecule has 0 fully saturated rings. The maximum atomic E-state index is 10.4. The van der Waals surface area contributed by atoms with E-state index in [4.69, 9.17) is 0 Å². The maximum Gasteiger partial charge on any atom is 0.319 e. The molecule has 2 aromatic carbocycles. The Morgan fingerprint density at radius 2 is 1.79 bits per heavy atom. The number of hydrogen-bond acceptors (Lipinski definition) is 5. The van der Waals surface area contributed by atoms with Crippen LogP contribution in [0.3, 0.4) is 0 Å². The average molecular weight is 378 g/mol. The zero-order chi connectivity index (χ0) is 20.0. The van der Waals surface area contributed by atoms with Crippen molar-refractivity contribution >= 4 is 10.9 Å². The molecule has 28 heavy (non-hydrogen) atoms. The number of phenolic OH excluding ortho intramolecular Hbond substituents is 2. The normalized spacial score (nSPS) is 11.6. The number of phenols is 2. The molecule has 0 radical (unpaired) electrons. The van der Waals surface area contributed by atoms with E-state index in [-0.39, 0.29) is 23.6 Å². The van der Waals surface area contributed by atoms with Crippen LogP contribution in [0.4, 0.5) is 0 Å². The fourth-order valence-electron chi connectivity index (χ4n) is 3.57. The van der Waals surface area contributed by atoms with Crippen LogP contribution in [0.25, 0.3) is 28.0 Å². The van der Waals surface area contributed by atoms with Gasteiger partial charge in [-0.05, 0) is 50.1 Å². The molecule has 0 aliphatic rings. The first-order valence-corrected chi connectivity index (χ1v) is 9.21. The molecule has 4 aromatic rings. The van der Waals surface area contributed by atoms with Crippen molar-refractivity contribution in [2.24, 2.45) is 0 Å². The molecule has 2 heterocycles. The molecule has 0 saturated heterocycles. The van der Waals surface area contributed by atoms with Crippen LogP contribution in [-0.2, 0) is 6.42 Å². The Labute approximate surface area is 162 Å². The first-order valence-electron chi connectivity index (χ1n) is 9.21.